The van der Waals surface area contributed by atoms with Crippen molar-refractivity contribution in [3.05, 3.63) is 36.0 Å². The number of para-hydroxylation sites is 1. The van der Waals surface area contributed by atoms with Crippen molar-refractivity contribution in [1.82, 2.24) is 10.3 Å². The Kier molecular flexibility index (Phi) is 4.62. The molecule has 2 N–H and O–H groups in total. The van der Waals surface area contributed by atoms with Gasteiger partial charge < -0.3 is 20.2 Å². The molecule has 5 heteroatoms. The number of carboxylic acid groups (broad SMARTS) is 1. The number of rotatable bonds is 6. The zero-order chi connectivity index (χ0) is 15.4. The Balaban J connectivity index is 2.05. The minimum absolute atomic E-state index is 0.145. The second kappa shape index (κ2) is 6.43. The van der Waals surface area contributed by atoms with E-state index >= 15 is 0 Å². The lowest BCUT2D eigenvalue weighted by Gasteiger charge is -2.21. The lowest BCUT2D eigenvalue weighted by Crippen LogP contribution is -2.48. The molecule has 1 heterocycles. The number of aromatic nitrogens is 1. The van der Waals surface area contributed by atoms with E-state index in [0.717, 1.165) is 16.5 Å². The van der Waals surface area contributed by atoms with Gasteiger partial charge in [0.25, 0.3) is 0 Å². The van der Waals surface area contributed by atoms with Crippen molar-refractivity contribution >= 4 is 22.8 Å². The Labute approximate surface area is 123 Å². The maximum absolute atomic E-state index is 12.0. The van der Waals surface area contributed by atoms with E-state index in [1.165, 1.54) is 0 Å². The Morgan fingerprint density at radius 1 is 1.29 bits per heavy atom. The fourth-order valence-corrected chi connectivity index (χ4v) is 2.38. The molecule has 1 amide bonds. The van der Waals surface area contributed by atoms with E-state index in [9.17, 15) is 14.7 Å². The number of hydrogen-bond donors (Lipinski definition) is 2. The van der Waals surface area contributed by atoms with Crippen molar-refractivity contribution in [2.45, 2.75) is 32.7 Å². The molecule has 0 bridgehead atoms. The minimum Gasteiger partial charge on any atom is -0.548 e. The fourth-order valence-electron chi connectivity index (χ4n) is 2.38. The largest absolute Gasteiger partial charge is 0.548 e. The average molecular weight is 287 g/mol. The summed E-state index contributed by atoms with van der Waals surface area (Å²) in [6.07, 6.45) is 2.29. The number of benzene rings is 1. The number of fused-ring (bicyclic) bond motifs is 1. The lowest BCUT2D eigenvalue weighted by molar-refractivity contribution is -0.308. The smallest absolute Gasteiger partial charge is 0.225 e. The molecule has 0 saturated heterocycles. The zero-order valence-corrected chi connectivity index (χ0v) is 12.2. The first-order chi connectivity index (χ1) is 9.97. The Morgan fingerprint density at radius 2 is 2.00 bits per heavy atom. The molecule has 2 aromatic rings. The summed E-state index contributed by atoms with van der Waals surface area (Å²) in [7, 11) is 0. The third-order valence-corrected chi connectivity index (χ3v) is 3.35. The molecule has 21 heavy (non-hydrogen) atoms. The third-order valence-electron chi connectivity index (χ3n) is 3.35. The number of carboxylic acids is 1. The van der Waals surface area contributed by atoms with Crippen LogP contribution in [0.2, 0.25) is 0 Å². The number of hydrogen-bond acceptors (Lipinski definition) is 3. The van der Waals surface area contributed by atoms with Gasteiger partial charge in [-0.1, -0.05) is 32.0 Å². The topological polar surface area (TPSA) is 85.0 Å². The summed E-state index contributed by atoms with van der Waals surface area (Å²) in [5.41, 5.74) is 1.81. The highest BCUT2D eigenvalue weighted by molar-refractivity contribution is 5.90. The van der Waals surface area contributed by atoms with Gasteiger partial charge in [-0.05, 0) is 24.0 Å². The quantitative estimate of drug-likeness (QED) is 0.831. The zero-order valence-electron chi connectivity index (χ0n) is 12.2. The lowest BCUT2D eigenvalue weighted by atomic mass is 10.0. The van der Waals surface area contributed by atoms with Gasteiger partial charge in [-0.3, -0.25) is 4.79 Å². The van der Waals surface area contributed by atoms with Crippen LogP contribution in [0.3, 0.4) is 0 Å². The second-order valence-corrected chi connectivity index (χ2v) is 5.60. The molecule has 1 atom stereocenters. The van der Waals surface area contributed by atoms with Gasteiger partial charge in [0.1, 0.15) is 0 Å². The normalized spacial score (nSPS) is 12.5. The maximum atomic E-state index is 12.0. The van der Waals surface area contributed by atoms with Crippen LogP contribution in [0.4, 0.5) is 0 Å². The summed E-state index contributed by atoms with van der Waals surface area (Å²) in [6, 6.07) is 6.73. The number of nitrogens with one attached hydrogen (secondary N) is 2. The summed E-state index contributed by atoms with van der Waals surface area (Å²) in [5, 5.41) is 14.6. The number of amides is 1. The predicted molar refractivity (Wildman–Crippen MR) is 78.4 cm³/mol. The molecule has 0 fully saturated rings. The highest BCUT2D eigenvalue weighted by Gasteiger charge is 2.16. The molecular formula is C16H19N2O3-. The van der Waals surface area contributed by atoms with Crippen LogP contribution in [-0.4, -0.2) is 22.9 Å². The molecule has 0 aliphatic heterocycles. The van der Waals surface area contributed by atoms with Crippen LogP contribution in [0.15, 0.2) is 30.5 Å². The SMILES string of the molecule is CC(C)C[C@@H](NC(=O)Cc1c[nH]c2ccccc12)C(=O)[O-]. The molecule has 0 saturated carbocycles. The van der Waals surface area contributed by atoms with Gasteiger partial charge in [-0.15, -0.1) is 0 Å². The Hall–Kier alpha value is -2.30. The van der Waals surface area contributed by atoms with Crippen LogP contribution in [0.1, 0.15) is 25.8 Å². The maximum Gasteiger partial charge on any atom is 0.225 e. The van der Waals surface area contributed by atoms with Gasteiger partial charge >= 0.3 is 0 Å². The van der Waals surface area contributed by atoms with E-state index in [0.29, 0.717) is 6.42 Å². The standard InChI is InChI=1S/C16H20N2O3/c1-10(2)7-14(16(20)21)18-15(19)8-11-9-17-13-6-4-3-5-12(11)13/h3-6,9-10,14,17H,7-8H2,1-2H3,(H,18,19)(H,20,21)/p-1/t14-/m1/s1. The first-order valence-electron chi connectivity index (χ1n) is 7.02. The summed E-state index contributed by atoms with van der Waals surface area (Å²) < 4.78 is 0. The summed E-state index contributed by atoms with van der Waals surface area (Å²) >= 11 is 0. The van der Waals surface area contributed by atoms with Gasteiger partial charge in [0.05, 0.1) is 18.4 Å². The van der Waals surface area contributed by atoms with Crippen molar-refractivity contribution in [3.8, 4) is 0 Å². The van der Waals surface area contributed by atoms with E-state index in [4.69, 9.17) is 0 Å². The van der Waals surface area contributed by atoms with Crippen molar-refractivity contribution < 1.29 is 14.7 Å². The Morgan fingerprint density at radius 3 is 2.67 bits per heavy atom. The van der Waals surface area contributed by atoms with Gasteiger partial charge in [-0.2, -0.15) is 0 Å². The number of aromatic amines is 1. The van der Waals surface area contributed by atoms with E-state index in [2.05, 4.69) is 10.3 Å². The fraction of sp³-hybridized carbons (Fsp3) is 0.375. The highest BCUT2D eigenvalue weighted by atomic mass is 16.4. The molecule has 1 aromatic carbocycles. The van der Waals surface area contributed by atoms with Crippen LogP contribution in [-0.2, 0) is 16.0 Å². The summed E-state index contributed by atoms with van der Waals surface area (Å²) in [6.45, 7) is 3.81. The first kappa shape index (κ1) is 15.1. The summed E-state index contributed by atoms with van der Waals surface area (Å²) in [4.78, 5) is 26.2. The van der Waals surface area contributed by atoms with Gasteiger partial charge in [0, 0.05) is 17.1 Å². The highest BCUT2D eigenvalue weighted by Crippen LogP contribution is 2.18. The third kappa shape index (κ3) is 3.84. The second-order valence-electron chi connectivity index (χ2n) is 5.60. The van der Waals surface area contributed by atoms with Crippen LogP contribution in [0.5, 0.6) is 0 Å². The molecule has 2 rings (SSSR count). The molecule has 1 aromatic heterocycles. The van der Waals surface area contributed by atoms with Crippen LogP contribution in [0, 0.1) is 5.92 Å². The number of carbonyl (C=O) groups is 2. The average Bonchev–Trinajstić information content (AvgIpc) is 2.81. The van der Waals surface area contributed by atoms with E-state index in [1.807, 2.05) is 38.1 Å². The van der Waals surface area contributed by atoms with Crippen molar-refractivity contribution in [2.75, 3.05) is 0 Å². The predicted octanol–water partition coefficient (Wildman–Crippen LogP) is 0.991. The molecule has 0 aliphatic rings. The Bertz CT molecular complexity index is 646. The first-order valence-corrected chi connectivity index (χ1v) is 7.02. The number of H-pyrrole nitrogens is 1. The molecule has 0 unspecified atom stereocenters. The molecule has 0 spiro atoms. The van der Waals surface area contributed by atoms with Crippen molar-refractivity contribution in [1.29, 1.82) is 0 Å². The van der Waals surface area contributed by atoms with Gasteiger partial charge in [-0.25, -0.2) is 0 Å². The monoisotopic (exact) mass is 287 g/mol. The van der Waals surface area contributed by atoms with Gasteiger partial charge in [0.2, 0.25) is 5.91 Å². The van der Waals surface area contributed by atoms with E-state index < -0.39 is 12.0 Å². The molecular weight excluding hydrogens is 268 g/mol. The number of aliphatic carboxylic acids is 1. The van der Waals surface area contributed by atoms with E-state index in [1.54, 1.807) is 6.20 Å². The van der Waals surface area contributed by atoms with Crippen LogP contribution >= 0.6 is 0 Å². The molecule has 112 valence electrons. The van der Waals surface area contributed by atoms with Crippen LogP contribution < -0.4 is 10.4 Å². The van der Waals surface area contributed by atoms with Crippen molar-refractivity contribution in [3.63, 3.8) is 0 Å². The van der Waals surface area contributed by atoms with Crippen LogP contribution in [0.25, 0.3) is 10.9 Å². The minimum atomic E-state index is -1.24. The van der Waals surface area contributed by atoms with E-state index in [-0.39, 0.29) is 18.2 Å². The molecule has 0 aliphatic carbocycles. The molecule has 0 radical (unpaired) electrons. The van der Waals surface area contributed by atoms with Crippen molar-refractivity contribution in [2.24, 2.45) is 5.92 Å². The number of carbonyl (C=O) groups excluding carboxylic acids is 2. The molecule has 5 nitrogen and oxygen atoms in total. The van der Waals surface area contributed by atoms with Gasteiger partial charge in [0.15, 0.2) is 0 Å². The summed E-state index contributed by atoms with van der Waals surface area (Å²) in [5.74, 6) is -1.38.